The molecule has 2 aromatic rings. The first-order chi connectivity index (χ1) is 11.9. The molecule has 0 amide bonds. The first-order valence-electron chi connectivity index (χ1n) is 7.11. The number of carbonyl (C=O) groups is 1. The second-order valence-electron chi connectivity index (χ2n) is 4.91. The highest BCUT2D eigenvalue weighted by atomic mass is 32.2. The minimum absolute atomic E-state index is 0.00744. The molecule has 0 bridgehead atoms. The van der Waals surface area contributed by atoms with E-state index in [1.165, 1.54) is 38.5 Å². The number of carboxylic acid groups (broad SMARTS) is 1. The van der Waals surface area contributed by atoms with Gasteiger partial charge in [-0.25, -0.2) is 13.2 Å². The van der Waals surface area contributed by atoms with Crippen molar-refractivity contribution in [3.05, 3.63) is 59.0 Å². The summed E-state index contributed by atoms with van der Waals surface area (Å²) in [6, 6.07) is 10.7. The number of methoxy groups -OCH3 is 2. The molecule has 0 unspecified atom stereocenters. The van der Waals surface area contributed by atoms with Crippen LogP contribution in [0.4, 0.5) is 5.69 Å². The van der Waals surface area contributed by atoms with Gasteiger partial charge in [0.25, 0.3) is 10.0 Å². The maximum absolute atomic E-state index is 12.2. The highest BCUT2D eigenvalue weighted by molar-refractivity contribution is 7.95. The van der Waals surface area contributed by atoms with Crippen LogP contribution in [0.3, 0.4) is 0 Å². The molecule has 2 N–H and O–H groups in total. The number of para-hydroxylation sites is 1. The Balaban J connectivity index is 2.24. The minimum atomic E-state index is -3.89. The van der Waals surface area contributed by atoms with Crippen LogP contribution in [0.15, 0.2) is 47.9 Å². The van der Waals surface area contributed by atoms with Crippen LogP contribution < -0.4 is 14.2 Å². The van der Waals surface area contributed by atoms with Crippen LogP contribution in [0.25, 0.3) is 6.08 Å². The lowest BCUT2D eigenvalue weighted by molar-refractivity contribution is 0.0698. The van der Waals surface area contributed by atoms with Crippen molar-refractivity contribution in [3.63, 3.8) is 0 Å². The number of rotatable bonds is 7. The highest BCUT2D eigenvalue weighted by Gasteiger charge is 2.13. The normalized spacial score (nSPS) is 11.3. The van der Waals surface area contributed by atoms with E-state index in [0.717, 1.165) is 5.41 Å². The van der Waals surface area contributed by atoms with Crippen molar-refractivity contribution in [2.45, 2.75) is 0 Å². The second kappa shape index (κ2) is 7.71. The van der Waals surface area contributed by atoms with E-state index < -0.39 is 16.0 Å². The Morgan fingerprint density at radius 1 is 1.08 bits per heavy atom. The van der Waals surface area contributed by atoms with Gasteiger partial charge in [0.05, 0.1) is 30.9 Å². The zero-order chi connectivity index (χ0) is 18.4. The van der Waals surface area contributed by atoms with Crippen molar-refractivity contribution in [2.24, 2.45) is 0 Å². The molecule has 8 heteroatoms. The summed E-state index contributed by atoms with van der Waals surface area (Å²) in [6.45, 7) is 0. The van der Waals surface area contributed by atoms with Crippen molar-refractivity contribution in [3.8, 4) is 11.5 Å². The van der Waals surface area contributed by atoms with Crippen LogP contribution in [0.1, 0.15) is 15.9 Å². The number of benzene rings is 2. The average molecular weight is 363 g/mol. The topological polar surface area (TPSA) is 102 Å². The number of ether oxygens (including phenoxy) is 2. The Morgan fingerprint density at radius 3 is 2.40 bits per heavy atom. The van der Waals surface area contributed by atoms with E-state index in [2.05, 4.69) is 4.72 Å². The summed E-state index contributed by atoms with van der Waals surface area (Å²) in [4.78, 5) is 11.1. The van der Waals surface area contributed by atoms with Gasteiger partial charge in [-0.1, -0.05) is 18.2 Å². The fraction of sp³-hybridized carbons (Fsp3) is 0.118. The molecule has 25 heavy (non-hydrogen) atoms. The molecule has 0 spiro atoms. The molecule has 0 aliphatic heterocycles. The molecule has 0 radical (unpaired) electrons. The van der Waals surface area contributed by atoms with Crippen molar-refractivity contribution in [1.29, 1.82) is 0 Å². The maximum atomic E-state index is 12.2. The van der Waals surface area contributed by atoms with E-state index in [4.69, 9.17) is 14.6 Å². The van der Waals surface area contributed by atoms with E-state index in [0.29, 0.717) is 17.1 Å². The molecule has 7 nitrogen and oxygen atoms in total. The molecule has 0 heterocycles. The number of carboxylic acids is 1. The van der Waals surface area contributed by atoms with Gasteiger partial charge in [0, 0.05) is 0 Å². The fourth-order valence-corrected chi connectivity index (χ4v) is 2.96. The van der Waals surface area contributed by atoms with Crippen molar-refractivity contribution < 1.29 is 27.8 Å². The Bertz CT molecular complexity index is 905. The molecule has 0 atom stereocenters. The van der Waals surface area contributed by atoms with Gasteiger partial charge in [-0.2, -0.15) is 0 Å². The number of hydrogen-bond donors (Lipinski definition) is 2. The predicted octanol–water partition coefficient (Wildman–Crippen LogP) is 2.81. The smallest absolute Gasteiger partial charge is 0.337 e. The van der Waals surface area contributed by atoms with Gasteiger partial charge in [-0.15, -0.1) is 0 Å². The van der Waals surface area contributed by atoms with Gasteiger partial charge in [0.2, 0.25) is 0 Å². The number of hydrogen-bond acceptors (Lipinski definition) is 5. The first-order valence-corrected chi connectivity index (χ1v) is 8.66. The SMILES string of the molecule is COc1ccc(C=CS(=O)(=O)Nc2ccccc2C(=O)O)cc1OC. The lowest BCUT2D eigenvalue weighted by Gasteiger charge is -2.08. The monoisotopic (exact) mass is 363 g/mol. The van der Waals surface area contributed by atoms with Gasteiger partial charge in [-0.3, -0.25) is 4.72 Å². The number of aromatic carboxylic acids is 1. The number of anilines is 1. The fourth-order valence-electron chi connectivity index (χ4n) is 2.07. The minimum Gasteiger partial charge on any atom is -0.493 e. The maximum Gasteiger partial charge on any atom is 0.337 e. The third-order valence-electron chi connectivity index (χ3n) is 3.26. The molecule has 0 aromatic heterocycles. The first kappa shape index (κ1) is 18.3. The van der Waals surface area contributed by atoms with Gasteiger partial charge in [-0.05, 0) is 35.9 Å². The molecular weight excluding hydrogens is 346 g/mol. The van der Waals surface area contributed by atoms with Crippen LogP contribution in [-0.2, 0) is 10.0 Å². The van der Waals surface area contributed by atoms with Crippen molar-refractivity contribution >= 4 is 27.8 Å². The van der Waals surface area contributed by atoms with Gasteiger partial charge < -0.3 is 14.6 Å². The van der Waals surface area contributed by atoms with E-state index in [-0.39, 0.29) is 11.3 Å². The van der Waals surface area contributed by atoms with E-state index >= 15 is 0 Å². The number of sulfonamides is 1. The summed E-state index contributed by atoms with van der Waals surface area (Å²) in [5, 5.41) is 10.1. The standard InChI is InChI=1S/C17H17NO6S/c1-23-15-8-7-12(11-16(15)24-2)9-10-25(21,22)18-14-6-4-3-5-13(14)17(19)20/h3-11,18H,1-2H3,(H,19,20). The molecule has 0 saturated carbocycles. The van der Waals surface area contributed by atoms with Crippen molar-refractivity contribution in [1.82, 2.24) is 0 Å². The molecule has 0 aliphatic carbocycles. The van der Waals surface area contributed by atoms with Crippen LogP contribution >= 0.6 is 0 Å². The Hall–Kier alpha value is -3.00. The zero-order valence-corrected chi connectivity index (χ0v) is 14.4. The van der Waals surface area contributed by atoms with Gasteiger partial charge in [0.15, 0.2) is 11.5 Å². The summed E-state index contributed by atoms with van der Waals surface area (Å²) >= 11 is 0. The quantitative estimate of drug-likeness (QED) is 0.784. The average Bonchev–Trinajstić information content (AvgIpc) is 2.59. The summed E-state index contributed by atoms with van der Waals surface area (Å²) in [5.41, 5.74) is 0.437. The summed E-state index contributed by atoms with van der Waals surface area (Å²) in [5.74, 6) is -0.232. The van der Waals surface area contributed by atoms with E-state index in [1.807, 2.05) is 0 Å². The van der Waals surface area contributed by atoms with Gasteiger partial charge >= 0.3 is 5.97 Å². The zero-order valence-electron chi connectivity index (χ0n) is 13.6. The van der Waals surface area contributed by atoms with Crippen LogP contribution in [0, 0.1) is 0 Å². The third-order valence-corrected chi connectivity index (χ3v) is 4.26. The molecule has 0 saturated heterocycles. The van der Waals surface area contributed by atoms with Crippen LogP contribution in [0.5, 0.6) is 11.5 Å². The molecule has 0 aliphatic rings. The third kappa shape index (κ3) is 4.74. The summed E-state index contributed by atoms with van der Waals surface area (Å²) < 4.78 is 36.9. The molecule has 2 aromatic carbocycles. The van der Waals surface area contributed by atoms with Crippen LogP contribution in [-0.4, -0.2) is 33.7 Å². The Kier molecular flexibility index (Phi) is 5.66. The molecule has 2 rings (SSSR count). The van der Waals surface area contributed by atoms with Gasteiger partial charge in [0.1, 0.15) is 0 Å². The molecule has 0 fully saturated rings. The lowest BCUT2D eigenvalue weighted by Crippen LogP contribution is -2.12. The van der Waals surface area contributed by atoms with Crippen molar-refractivity contribution in [2.75, 3.05) is 18.9 Å². The largest absolute Gasteiger partial charge is 0.493 e. The summed E-state index contributed by atoms with van der Waals surface area (Å²) in [7, 11) is -0.910. The van der Waals surface area contributed by atoms with E-state index in [9.17, 15) is 13.2 Å². The Labute approximate surface area is 145 Å². The second-order valence-corrected chi connectivity index (χ2v) is 6.48. The Morgan fingerprint density at radius 2 is 1.76 bits per heavy atom. The lowest BCUT2D eigenvalue weighted by atomic mass is 10.2. The number of nitrogens with one attached hydrogen (secondary N) is 1. The predicted molar refractivity (Wildman–Crippen MR) is 94.5 cm³/mol. The molecule has 132 valence electrons. The van der Waals surface area contributed by atoms with Crippen LogP contribution in [0.2, 0.25) is 0 Å². The van der Waals surface area contributed by atoms with E-state index in [1.54, 1.807) is 24.3 Å². The highest BCUT2D eigenvalue weighted by Crippen LogP contribution is 2.28. The summed E-state index contributed by atoms with van der Waals surface area (Å²) in [6.07, 6.45) is 1.37. The molecular formula is C17H17NO6S.